The van der Waals surface area contributed by atoms with E-state index in [0.717, 1.165) is 17.8 Å². The van der Waals surface area contributed by atoms with Gasteiger partial charge in [-0.15, -0.1) is 0 Å². The number of hydrogen-bond donors (Lipinski definition) is 2. The van der Waals surface area contributed by atoms with Crippen LogP contribution in [0.4, 0.5) is 10.1 Å². The number of halogens is 1. The molecule has 0 fully saturated rings. The SMILES string of the molecule is CSC(=Nc1ccc(C(=O)O)cc1F)NC#N. The molecule has 0 unspecified atom stereocenters. The van der Waals surface area contributed by atoms with Crippen molar-refractivity contribution in [2.24, 2.45) is 4.99 Å². The van der Waals surface area contributed by atoms with E-state index in [9.17, 15) is 9.18 Å². The molecule has 1 aromatic carbocycles. The number of thioether (sulfide) groups is 1. The van der Waals surface area contributed by atoms with Crippen LogP contribution in [0.15, 0.2) is 23.2 Å². The zero-order valence-electron chi connectivity index (χ0n) is 8.77. The van der Waals surface area contributed by atoms with Crippen LogP contribution in [0, 0.1) is 17.3 Å². The molecule has 2 N–H and O–H groups in total. The van der Waals surface area contributed by atoms with E-state index >= 15 is 0 Å². The molecule has 0 heterocycles. The van der Waals surface area contributed by atoms with Gasteiger partial charge in [0, 0.05) is 0 Å². The third-order valence-corrected chi connectivity index (χ3v) is 2.35. The highest BCUT2D eigenvalue weighted by molar-refractivity contribution is 8.13. The average molecular weight is 253 g/mol. The minimum atomic E-state index is -1.21. The Morgan fingerprint density at radius 3 is 2.82 bits per heavy atom. The van der Waals surface area contributed by atoms with Gasteiger partial charge in [-0.25, -0.2) is 14.2 Å². The van der Waals surface area contributed by atoms with Gasteiger partial charge < -0.3 is 5.11 Å². The van der Waals surface area contributed by atoms with E-state index in [1.165, 1.54) is 12.1 Å². The summed E-state index contributed by atoms with van der Waals surface area (Å²) in [4.78, 5) is 14.4. The first kappa shape index (κ1) is 13.0. The fraction of sp³-hybridized carbons (Fsp3) is 0.100. The Labute approximate surface area is 101 Å². The third kappa shape index (κ3) is 3.46. The van der Waals surface area contributed by atoms with Crippen LogP contribution in [0.25, 0.3) is 0 Å². The molecule has 0 aliphatic carbocycles. The lowest BCUT2D eigenvalue weighted by molar-refractivity contribution is 0.0696. The maximum Gasteiger partial charge on any atom is 0.335 e. The van der Waals surface area contributed by atoms with Gasteiger partial charge in [0.05, 0.1) is 5.56 Å². The molecule has 0 aliphatic rings. The van der Waals surface area contributed by atoms with Gasteiger partial charge in [0.25, 0.3) is 0 Å². The molecule has 7 heteroatoms. The van der Waals surface area contributed by atoms with E-state index in [1.807, 2.05) is 0 Å². The fourth-order valence-electron chi connectivity index (χ4n) is 1.01. The van der Waals surface area contributed by atoms with Crippen molar-refractivity contribution in [1.82, 2.24) is 5.32 Å². The Hall–Kier alpha value is -2.07. The number of benzene rings is 1. The Morgan fingerprint density at radius 1 is 1.65 bits per heavy atom. The summed E-state index contributed by atoms with van der Waals surface area (Å²) in [5, 5.41) is 19.6. The lowest BCUT2D eigenvalue weighted by Crippen LogP contribution is -2.12. The van der Waals surface area contributed by atoms with E-state index in [2.05, 4.69) is 10.3 Å². The van der Waals surface area contributed by atoms with Crippen molar-refractivity contribution < 1.29 is 14.3 Å². The number of carboxylic acids is 1. The zero-order chi connectivity index (χ0) is 12.8. The first-order valence-corrected chi connectivity index (χ1v) is 5.61. The molecule has 1 rings (SSSR count). The van der Waals surface area contributed by atoms with Crippen molar-refractivity contribution in [2.45, 2.75) is 0 Å². The summed E-state index contributed by atoms with van der Waals surface area (Å²) in [5.74, 6) is -1.96. The molecule has 1 aromatic rings. The van der Waals surface area contributed by atoms with Crippen LogP contribution >= 0.6 is 11.8 Å². The maximum atomic E-state index is 13.5. The van der Waals surface area contributed by atoms with E-state index in [1.54, 1.807) is 12.4 Å². The van der Waals surface area contributed by atoms with Crippen LogP contribution in [0.1, 0.15) is 10.4 Å². The largest absolute Gasteiger partial charge is 0.478 e. The van der Waals surface area contributed by atoms with E-state index < -0.39 is 11.8 Å². The highest BCUT2D eigenvalue weighted by Gasteiger charge is 2.08. The summed E-state index contributed by atoms with van der Waals surface area (Å²) in [6, 6.07) is 3.37. The molecule has 0 amide bonds. The van der Waals surface area contributed by atoms with Gasteiger partial charge in [-0.2, -0.15) is 5.26 Å². The minimum absolute atomic E-state index is 0.0258. The van der Waals surface area contributed by atoms with Gasteiger partial charge in [-0.05, 0) is 24.5 Å². The van der Waals surface area contributed by atoms with Crippen molar-refractivity contribution in [3.63, 3.8) is 0 Å². The third-order valence-electron chi connectivity index (χ3n) is 1.77. The number of nitrogens with one attached hydrogen (secondary N) is 1. The summed E-state index contributed by atoms with van der Waals surface area (Å²) in [5.41, 5.74) is -0.178. The Morgan fingerprint density at radius 2 is 2.35 bits per heavy atom. The quantitative estimate of drug-likeness (QED) is 0.364. The topological polar surface area (TPSA) is 85.5 Å². The molecule has 0 radical (unpaired) electrons. The second-order valence-electron chi connectivity index (χ2n) is 2.83. The predicted molar refractivity (Wildman–Crippen MR) is 62.7 cm³/mol. The van der Waals surface area contributed by atoms with Crippen LogP contribution in [0.2, 0.25) is 0 Å². The summed E-state index contributed by atoms with van der Waals surface area (Å²) in [7, 11) is 0. The molecular weight excluding hydrogens is 245 g/mol. The molecule has 0 aliphatic heterocycles. The number of amidine groups is 1. The lowest BCUT2D eigenvalue weighted by Gasteiger charge is -2.02. The molecule has 0 saturated carbocycles. The van der Waals surface area contributed by atoms with Crippen LogP contribution < -0.4 is 5.32 Å². The summed E-state index contributed by atoms with van der Waals surface area (Å²) >= 11 is 1.14. The molecule has 0 aromatic heterocycles. The number of rotatable bonds is 2. The second kappa shape index (κ2) is 5.86. The van der Waals surface area contributed by atoms with E-state index in [-0.39, 0.29) is 16.4 Å². The predicted octanol–water partition coefficient (Wildman–Crippen LogP) is 1.95. The first-order chi connectivity index (χ1) is 8.08. The Balaban J connectivity index is 3.08. The number of nitrogens with zero attached hydrogens (tertiary/aromatic N) is 2. The number of aliphatic imine (C=N–C) groups is 1. The molecule has 0 spiro atoms. The number of aromatic carboxylic acids is 1. The summed E-state index contributed by atoms with van der Waals surface area (Å²) < 4.78 is 13.5. The fourth-order valence-corrected chi connectivity index (χ4v) is 1.35. The van der Waals surface area contributed by atoms with Gasteiger partial charge in [0.15, 0.2) is 11.4 Å². The van der Waals surface area contributed by atoms with E-state index in [4.69, 9.17) is 10.4 Å². The van der Waals surface area contributed by atoms with E-state index in [0.29, 0.717) is 0 Å². The highest BCUT2D eigenvalue weighted by atomic mass is 32.2. The molecule has 88 valence electrons. The smallest absolute Gasteiger partial charge is 0.335 e. The number of carbonyl (C=O) groups is 1. The number of carboxylic acid groups (broad SMARTS) is 1. The number of nitriles is 1. The normalized spacial score (nSPS) is 10.8. The molecular formula is C10H8FN3O2S. The standard InChI is InChI=1S/C10H8FN3O2S/c1-17-10(13-5-12)14-8-3-2-6(9(15)16)4-7(8)11/h2-4H,1H3,(H,13,14)(H,15,16). The monoisotopic (exact) mass is 253 g/mol. The Bertz CT molecular complexity index is 511. The van der Waals surface area contributed by atoms with Gasteiger partial charge in [0.1, 0.15) is 11.5 Å². The molecule has 5 nitrogen and oxygen atoms in total. The molecule has 0 saturated heterocycles. The first-order valence-electron chi connectivity index (χ1n) is 4.39. The van der Waals surface area contributed by atoms with Gasteiger partial charge in [-0.3, -0.25) is 5.32 Å². The van der Waals surface area contributed by atoms with Crippen LogP contribution in [-0.4, -0.2) is 22.5 Å². The summed E-state index contributed by atoms with van der Waals surface area (Å²) in [6.45, 7) is 0. The average Bonchev–Trinajstić information content (AvgIpc) is 2.30. The minimum Gasteiger partial charge on any atom is -0.478 e. The van der Waals surface area contributed by atoms with Crippen LogP contribution in [-0.2, 0) is 0 Å². The zero-order valence-corrected chi connectivity index (χ0v) is 9.58. The van der Waals surface area contributed by atoms with Crippen LogP contribution in [0.5, 0.6) is 0 Å². The van der Waals surface area contributed by atoms with Crippen molar-refractivity contribution >= 4 is 28.6 Å². The van der Waals surface area contributed by atoms with Crippen LogP contribution in [0.3, 0.4) is 0 Å². The van der Waals surface area contributed by atoms with Crippen molar-refractivity contribution in [3.8, 4) is 6.19 Å². The van der Waals surface area contributed by atoms with Gasteiger partial charge in [0.2, 0.25) is 0 Å². The highest BCUT2D eigenvalue weighted by Crippen LogP contribution is 2.20. The lowest BCUT2D eigenvalue weighted by atomic mass is 10.2. The summed E-state index contributed by atoms with van der Waals surface area (Å²) in [6.07, 6.45) is 3.34. The van der Waals surface area contributed by atoms with Crippen molar-refractivity contribution in [3.05, 3.63) is 29.6 Å². The number of hydrogen-bond acceptors (Lipinski definition) is 4. The Kier molecular flexibility index (Phi) is 4.48. The molecule has 0 bridgehead atoms. The maximum absolute atomic E-state index is 13.5. The molecule has 17 heavy (non-hydrogen) atoms. The second-order valence-corrected chi connectivity index (χ2v) is 3.62. The van der Waals surface area contributed by atoms with Crippen molar-refractivity contribution in [1.29, 1.82) is 5.26 Å². The van der Waals surface area contributed by atoms with Gasteiger partial charge >= 0.3 is 5.97 Å². The van der Waals surface area contributed by atoms with Gasteiger partial charge in [-0.1, -0.05) is 11.8 Å². The molecule has 0 atom stereocenters. The van der Waals surface area contributed by atoms with Crippen molar-refractivity contribution in [2.75, 3.05) is 6.26 Å².